The van der Waals surface area contributed by atoms with Crippen molar-refractivity contribution in [3.8, 4) is 0 Å². The van der Waals surface area contributed by atoms with E-state index in [1.807, 2.05) is 18.7 Å². The fourth-order valence-electron chi connectivity index (χ4n) is 2.80. The number of carboxylic acids is 1. The summed E-state index contributed by atoms with van der Waals surface area (Å²) in [4.78, 5) is 25.6. The van der Waals surface area contributed by atoms with Crippen molar-refractivity contribution < 1.29 is 14.7 Å². The van der Waals surface area contributed by atoms with Gasteiger partial charge in [0, 0.05) is 15.7 Å². The Morgan fingerprint density at radius 1 is 1.29 bits per heavy atom. The van der Waals surface area contributed by atoms with E-state index < -0.39 is 5.97 Å². The summed E-state index contributed by atoms with van der Waals surface area (Å²) < 4.78 is 0.822. The van der Waals surface area contributed by atoms with Crippen molar-refractivity contribution in [2.75, 3.05) is 5.32 Å². The Kier molecular flexibility index (Phi) is 5.08. The van der Waals surface area contributed by atoms with Crippen molar-refractivity contribution >= 4 is 40.3 Å². The minimum Gasteiger partial charge on any atom is -0.478 e. The standard InChI is InChI=1S/C15H19IN2O3/c1-9-4-3-5-10(2)18(9)15(21)17-13-7-6-11(16)8-12(13)14(19)20/h6-10H,3-5H2,1-2H3,(H,17,21)(H,19,20). The number of nitrogens with zero attached hydrogens (tertiary/aromatic N) is 1. The largest absolute Gasteiger partial charge is 0.478 e. The van der Waals surface area contributed by atoms with Crippen LogP contribution in [-0.4, -0.2) is 34.1 Å². The molecule has 2 atom stereocenters. The summed E-state index contributed by atoms with van der Waals surface area (Å²) in [7, 11) is 0. The highest BCUT2D eigenvalue weighted by Crippen LogP contribution is 2.25. The van der Waals surface area contributed by atoms with E-state index in [2.05, 4.69) is 27.9 Å². The number of hydrogen-bond acceptors (Lipinski definition) is 2. The first-order valence-corrected chi connectivity index (χ1v) is 8.10. The average Bonchev–Trinajstić information content (AvgIpc) is 2.40. The maximum atomic E-state index is 12.5. The lowest BCUT2D eigenvalue weighted by molar-refractivity contribution is 0.0698. The van der Waals surface area contributed by atoms with E-state index in [1.54, 1.807) is 18.2 Å². The molecular weight excluding hydrogens is 383 g/mol. The quantitative estimate of drug-likeness (QED) is 0.740. The van der Waals surface area contributed by atoms with Crippen molar-refractivity contribution in [2.45, 2.75) is 45.2 Å². The number of carbonyl (C=O) groups is 2. The smallest absolute Gasteiger partial charge is 0.337 e. The van der Waals surface area contributed by atoms with E-state index in [0.29, 0.717) is 5.69 Å². The van der Waals surface area contributed by atoms with Crippen molar-refractivity contribution in [1.29, 1.82) is 0 Å². The molecule has 1 aromatic carbocycles. The zero-order valence-corrected chi connectivity index (χ0v) is 14.3. The van der Waals surface area contributed by atoms with Crippen LogP contribution in [0.5, 0.6) is 0 Å². The Balaban J connectivity index is 2.21. The molecule has 2 rings (SSSR count). The molecular formula is C15H19IN2O3. The van der Waals surface area contributed by atoms with Crippen LogP contribution in [0.1, 0.15) is 43.5 Å². The molecule has 114 valence electrons. The molecule has 6 heteroatoms. The molecule has 2 amide bonds. The SMILES string of the molecule is CC1CCCC(C)N1C(=O)Nc1ccc(I)cc1C(=O)O. The lowest BCUT2D eigenvalue weighted by Gasteiger charge is -2.39. The zero-order chi connectivity index (χ0) is 15.6. The van der Waals surface area contributed by atoms with Gasteiger partial charge in [-0.05, 0) is 73.9 Å². The number of piperidine rings is 1. The highest BCUT2D eigenvalue weighted by Gasteiger charge is 2.29. The number of likely N-dealkylation sites (tertiary alicyclic amines) is 1. The lowest BCUT2D eigenvalue weighted by atomic mass is 9.98. The van der Waals surface area contributed by atoms with Gasteiger partial charge in [-0.15, -0.1) is 0 Å². The van der Waals surface area contributed by atoms with E-state index in [1.165, 1.54) is 0 Å². The van der Waals surface area contributed by atoms with Gasteiger partial charge in [0.1, 0.15) is 0 Å². The first-order chi connectivity index (χ1) is 9.90. The predicted molar refractivity (Wildman–Crippen MR) is 89.8 cm³/mol. The molecule has 0 aromatic heterocycles. The van der Waals surface area contributed by atoms with E-state index in [4.69, 9.17) is 0 Å². The molecule has 1 aliphatic heterocycles. The van der Waals surface area contributed by atoms with Crippen LogP contribution in [0.15, 0.2) is 18.2 Å². The van der Waals surface area contributed by atoms with E-state index in [9.17, 15) is 14.7 Å². The summed E-state index contributed by atoms with van der Waals surface area (Å²) in [5.41, 5.74) is 0.463. The number of hydrogen-bond donors (Lipinski definition) is 2. The third-order valence-electron chi connectivity index (χ3n) is 3.88. The second kappa shape index (κ2) is 6.64. The maximum Gasteiger partial charge on any atom is 0.337 e. The third-order valence-corrected chi connectivity index (χ3v) is 4.55. The number of rotatable bonds is 2. The summed E-state index contributed by atoms with van der Waals surface area (Å²) >= 11 is 2.05. The summed E-state index contributed by atoms with van der Waals surface area (Å²) in [6.07, 6.45) is 3.09. The minimum atomic E-state index is -1.04. The number of urea groups is 1. The van der Waals surface area contributed by atoms with Crippen molar-refractivity contribution in [3.05, 3.63) is 27.3 Å². The topological polar surface area (TPSA) is 69.6 Å². The normalized spacial score (nSPS) is 22.0. The zero-order valence-electron chi connectivity index (χ0n) is 12.1. The molecule has 1 heterocycles. The predicted octanol–water partition coefficient (Wildman–Crippen LogP) is 3.78. The van der Waals surface area contributed by atoms with Gasteiger partial charge in [0.25, 0.3) is 0 Å². The monoisotopic (exact) mass is 402 g/mol. The molecule has 2 unspecified atom stereocenters. The van der Waals surface area contributed by atoms with Crippen LogP contribution < -0.4 is 5.32 Å². The van der Waals surface area contributed by atoms with Crippen LogP contribution in [0.2, 0.25) is 0 Å². The van der Waals surface area contributed by atoms with Gasteiger partial charge in [0.2, 0.25) is 0 Å². The molecule has 0 saturated carbocycles. The molecule has 0 bridgehead atoms. The molecule has 0 aliphatic carbocycles. The van der Waals surface area contributed by atoms with Gasteiger partial charge in [0.15, 0.2) is 0 Å². The van der Waals surface area contributed by atoms with Crippen LogP contribution >= 0.6 is 22.6 Å². The van der Waals surface area contributed by atoms with Crippen molar-refractivity contribution in [2.24, 2.45) is 0 Å². The number of carboxylic acid groups (broad SMARTS) is 1. The van der Waals surface area contributed by atoms with Gasteiger partial charge < -0.3 is 15.3 Å². The van der Waals surface area contributed by atoms with Crippen molar-refractivity contribution in [1.82, 2.24) is 4.90 Å². The maximum absolute atomic E-state index is 12.5. The van der Waals surface area contributed by atoms with Gasteiger partial charge in [-0.25, -0.2) is 9.59 Å². The summed E-state index contributed by atoms with van der Waals surface area (Å²) in [5.74, 6) is -1.04. The Hall–Kier alpha value is -1.31. The first kappa shape index (κ1) is 16.1. The number of aromatic carboxylic acids is 1. The summed E-state index contributed by atoms with van der Waals surface area (Å²) in [6.45, 7) is 4.06. The van der Waals surface area contributed by atoms with Gasteiger partial charge in [-0.2, -0.15) is 0 Å². The second-order valence-electron chi connectivity index (χ2n) is 5.46. The molecule has 1 saturated heterocycles. The van der Waals surface area contributed by atoms with Gasteiger partial charge in [-0.1, -0.05) is 0 Å². The van der Waals surface area contributed by atoms with Gasteiger partial charge >= 0.3 is 12.0 Å². The highest BCUT2D eigenvalue weighted by atomic mass is 127. The Morgan fingerprint density at radius 2 is 1.90 bits per heavy atom. The lowest BCUT2D eigenvalue weighted by Crippen LogP contribution is -2.49. The van der Waals surface area contributed by atoms with Crippen LogP contribution in [-0.2, 0) is 0 Å². The number of amides is 2. The average molecular weight is 402 g/mol. The number of benzene rings is 1. The number of carbonyl (C=O) groups excluding carboxylic acids is 1. The Labute approximate surface area is 137 Å². The fraction of sp³-hybridized carbons (Fsp3) is 0.467. The van der Waals surface area contributed by atoms with E-state index >= 15 is 0 Å². The van der Waals surface area contributed by atoms with Crippen LogP contribution in [0.3, 0.4) is 0 Å². The van der Waals surface area contributed by atoms with E-state index in [0.717, 1.165) is 22.8 Å². The molecule has 21 heavy (non-hydrogen) atoms. The van der Waals surface area contributed by atoms with Crippen molar-refractivity contribution in [3.63, 3.8) is 0 Å². The van der Waals surface area contributed by atoms with Gasteiger partial charge in [0.05, 0.1) is 11.3 Å². The van der Waals surface area contributed by atoms with E-state index in [-0.39, 0.29) is 23.7 Å². The highest BCUT2D eigenvalue weighted by molar-refractivity contribution is 14.1. The second-order valence-corrected chi connectivity index (χ2v) is 6.71. The molecule has 5 nitrogen and oxygen atoms in total. The minimum absolute atomic E-state index is 0.118. The number of halogens is 1. The molecule has 1 aromatic rings. The number of anilines is 1. The fourth-order valence-corrected chi connectivity index (χ4v) is 3.29. The van der Waals surface area contributed by atoms with Crippen LogP contribution in [0.25, 0.3) is 0 Å². The summed E-state index contributed by atoms with van der Waals surface area (Å²) in [5, 5.41) is 12.0. The van der Waals surface area contributed by atoms with Crippen LogP contribution in [0.4, 0.5) is 10.5 Å². The number of nitrogens with one attached hydrogen (secondary N) is 1. The first-order valence-electron chi connectivity index (χ1n) is 7.02. The van der Waals surface area contributed by atoms with Crippen LogP contribution in [0, 0.1) is 3.57 Å². The molecule has 0 radical (unpaired) electrons. The Morgan fingerprint density at radius 3 is 2.48 bits per heavy atom. The Bertz CT molecular complexity index is 552. The van der Waals surface area contributed by atoms with Gasteiger partial charge in [-0.3, -0.25) is 0 Å². The molecule has 1 aliphatic rings. The molecule has 1 fully saturated rings. The third kappa shape index (κ3) is 3.66. The summed E-state index contributed by atoms with van der Waals surface area (Å²) in [6, 6.07) is 5.10. The molecule has 0 spiro atoms. The molecule has 2 N–H and O–H groups in total.